The van der Waals surface area contributed by atoms with Gasteiger partial charge in [0.25, 0.3) is 0 Å². The molecule has 0 amide bonds. The van der Waals surface area contributed by atoms with Gasteiger partial charge in [-0.2, -0.15) is 0 Å². The molecule has 0 saturated carbocycles. The highest BCUT2D eigenvalue weighted by Crippen LogP contribution is 2.60. The van der Waals surface area contributed by atoms with Crippen LogP contribution >= 0.6 is 11.6 Å². The lowest BCUT2D eigenvalue weighted by Crippen LogP contribution is -2.49. The molecule has 7 rings (SSSR count). The van der Waals surface area contributed by atoms with Crippen LogP contribution in [0.25, 0.3) is 0 Å². The average Bonchev–Trinajstić information content (AvgIpc) is 3.34. The number of carbonyl (C=O) groups is 2. The third-order valence-corrected chi connectivity index (χ3v) is 10.3. The standard InChI is InChI=1S/C39H39ClN2O6/c1-6-46-36(44)12-9-17-42-32-20-34-29(18-27(32)23(2)22-38(42,3)4)39(28-11-8-7-10-26(28)37(45)48-39)30-19-31(40)33(21-35(30)47-34)41(5)24-13-15-25(43)16-14-24/h7-8,10-11,13-16,18-21,23,43H,6,9,12,17,22H2,1-5H3. The third-order valence-electron chi connectivity index (χ3n) is 9.95. The minimum Gasteiger partial charge on any atom is -0.508 e. The Morgan fingerprint density at radius 2 is 1.75 bits per heavy atom. The largest absolute Gasteiger partial charge is 0.508 e. The van der Waals surface area contributed by atoms with Gasteiger partial charge in [0, 0.05) is 65.8 Å². The number of carbonyl (C=O) groups excluding carboxylic acids is 2. The SMILES string of the molecule is CCOC(=O)CCCN1c2cc3c(cc2C(C)CC1(C)C)C1(OC(=O)c2ccccc21)c1cc(Cl)c(N(C)c2ccc(O)cc2)cc1O3. The second-order valence-corrected chi connectivity index (χ2v) is 13.9. The monoisotopic (exact) mass is 666 g/mol. The zero-order chi connectivity index (χ0) is 34.0. The topological polar surface area (TPSA) is 88.5 Å². The number of rotatable bonds is 7. The number of esters is 2. The second-order valence-electron chi connectivity index (χ2n) is 13.5. The third kappa shape index (κ3) is 5.05. The first-order chi connectivity index (χ1) is 22.9. The number of phenolic OH excluding ortho intramolecular Hbond substituents is 1. The summed E-state index contributed by atoms with van der Waals surface area (Å²) in [5.74, 6) is 0.890. The normalized spacial score (nSPS) is 19.8. The molecule has 48 heavy (non-hydrogen) atoms. The minimum absolute atomic E-state index is 0.169. The predicted molar refractivity (Wildman–Crippen MR) is 186 cm³/mol. The van der Waals surface area contributed by atoms with Gasteiger partial charge in [-0.3, -0.25) is 4.79 Å². The number of hydrogen-bond acceptors (Lipinski definition) is 8. The maximum absolute atomic E-state index is 13.6. The molecule has 0 aliphatic carbocycles. The fourth-order valence-corrected chi connectivity index (χ4v) is 8.05. The average molecular weight is 667 g/mol. The Bertz CT molecular complexity index is 1940. The summed E-state index contributed by atoms with van der Waals surface area (Å²) in [5, 5.41) is 10.3. The maximum atomic E-state index is 13.6. The Kier molecular flexibility index (Phi) is 7.82. The molecule has 3 heterocycles. The van der Waals surface area contributed by atoms with E-state index in [0.29, 0.717) is 59.3 Å². The minimum atomic E-state index is -1.27. The van der Waals surface area contributed by atoms with Crippen LogP contribution in [0.1, 0.15) is 85.5 Å². The fourth-order valence-electron chi connectivity index (χ4n) is 7.76. The van der Waals surface area contributed by atoms with Gasteiger partial charge in [0.2, 0.25) is 0 Å². The quantitative estimate of drug-likeness (QED) is 0.196. The fraction of sp³-hybridized carbons (Fsp3) is 0.333. The molecular formula is C39H39ClN2O6. The molecule has 2 atom stereocenters. The summed E-state index contributed by atoms with van der Waals surface area (Å²) in [6, 6.07) is 22.3. The molecule has 1 N–H and O–H groups in total. The van der Waals surface area contributed by atoms with E-state index in [1.807, 2.05) is 61.3 Å². The van der Waals surface area contributed by atoms with Gasteiger partial charge in [0.05, 0.1) is 22.9 Å². The predicted octanol–water partition coefficient (Wildman–Crippen LogP) is 8.82. The van der Waals surface area contributed by atoms with Crippen molar-refractivity contribution in [3.8, 4) is 17.2 Å². The number of ether oxygens (including phenoxy) is 3. The van der Waals surface area contributed by atoms with Crippen molar-refractivity contribution < 1.29 is 28.9 Å². The zero-order valence-electron chi connectivity index (χ0n) is 27.8. The van der Waals surface area contributed by atoms with Crippen molar-refractivity contribution in [1.82, 2.24) is 0 Å². The van der Waals surface area contributed by atoms with Gasteiger partial charge in [0.15, 0.2) is 5.60 Å². The van der Waals surface area contributed by atoms with E-state index in [9.17, 15) is 14.7 Å². The van der Waals surface area contributed by atoms with Gasteiger partial charge in [-0.15, -0.1) is 0 Å². The summed E-state index contributed by atoms with van der Waals surface area (Å²) in [7, 11) is 1.89. The van der Waals surface area contributed by atoms with Crippen LogP contribution < -0.4 is 14.5 Å². The highest BCUT2D eigenvalue weighted by atomic mass is 35.5. The van der Waals surface area contributed by atoms with E-state index >= 15 is 0 Å². The summed E-state index contributed by atoms with van der Waals surface area (Å²) < 4.78 is 18.5. The Morgan fingerprint density at radius 1 is 1.04 bits per heavy atom. The molecule has 248 valence electrons. The number of nitrogens with zero attached hydrogens (tertiary/aromatic N) is 2. The van der Waals surface area contributed by atoms with Crippen molar-refractivity contribution in [3.63, 3.8) is 0 Å². The van der Waals surface area contributed by atoms with Crippen molar-refractivity contribution in [2.24, 2.45) is 0 Å². The van der Waals surface area contributed by atoms with Crippen LogP contribution in [0.4, 0.5) is 17.1 Å². The molecule has 9 heteroatoms. The second kappa shape index (κ2) is 11.8. The first-order valence-electron chi connectivity index (χ1n) is 16.4. The van der Waals surface area contributed by atoms with Crippen LogP contribution in [0.2, 0.25) is 5.02 Å². The van der Waals surface area contributed by atoms with E-state index in [2.05, 4.69) is 37.8 Å². The van der Waals surface area contributed by atoms with Crippen molar-refractivity contribution in [1.29, 1.82) is 0 Å². The Labute approximate surface area is 285 Å². The van der Waals surface area contributed by atoms with Gasteiger partial charge in [-0.25, -0.2) is 4.79 Å². The summed E-state index contributed by atoms with van der Waals surface area (Å²) in [6.07, 6.45) is 1.89. The van der Waals surface area contributed by atoms with E-state index in [4.69, 9.17) is 25.8 Å². The summed E-state index contributed by atoms with van der Waals surface area (Å²) in [4.78, 5) is 30.1. The molecule has 2 unspecified atom stereocenters. The smallest absolute Gasteiger partial charge is 0.340 e. The van der Waals surface area contributed by atoms with Gasteiger partial charge in [-0.1, -0.05) is 36.7 Å². The molecule has 0 radical (unpaired) electrons. The van der Waals surface area contributed by atoms with Crippen molar-refractivity contribution in [2.75, 3.05) is 30.0 Å². The molecule has 3 aliphatic heterocycles. The van der Waals surface area contributed by atoms with E-state index in [0.717, 1.165) is 34.5 Å². The van der Waals surface area contributed by atoms with Crippen LogP contribution in [0.3, 0.4) is 0 Å². The van der Waals surface area contributed by atoms with Gasteiger partial charge in [0.1, 0.15) is 17.2 Å². The summed E-state index contributed by atoms with van der Waals surface area (Å²) in [6.45, 7) is 9.55. The van der Waals surface area contributed by atoms with E-state index in [-0.39, 0.29) is 23.2 Å². The van der Waals surface area contributed by atoms with Crippen LogP contribution in [-0.4, -0.2) is 42.8 Å². The highest BCUT2D eigenvalue weighted by Gasteiger charge is 2.54. The number of phenols is 1. The number of benzene rings is 4. The Balaban J connectivity index is 1.39. The number of fused-ring (bicyclic) bond motifs is 7. The first-order valence-corrected chi connectivity index (χ1v) is 16.8. The zero-order valence-corrected chi connectivity index (χ0v) is 28.6. The van der Waals surface area contributed by atoms with Gasteiger partial charge < -0.3 is 29.1 Å². The molecule has 0 fully saturated rings. The Hall–Kier alpha value is -4.69. The lowest BCUT2D eigenvalue weighted by Gasteiger charge is -2.48. The van der Waals surface area contributed by atoms with Gasteiger partial charge in [-0.05, 0) is 87.6 Å². The molecule has 4 aromatic rings. The van der Waals surface area contributed by atoms with Crippen molar-refractivity contribution in [2.45, 2.75) is 64.0 Å². The van der Waals surface area contributed by atoms with Crippen LogP contribution in [0, 0.1) is 0 Å². The maximum Gasteiger partial charge on any atom is 0.340 e. The molecule has 3 aliphatic rings. The lowest BCUT2D eigenvalue weighted by molar-refractivity contribution is -0.143. The molecule has 8 nitrogen and oxygen atoms in total. The van der Waals surface area contributed by atoms with Crippen LogP contribution in [0.15, 0.2) is 72.8 Å². The number of halogens is 1. The van der Waals surface area contributed by atoms with Crippen LogP contribution in [-0.2, 0) is 19.9 Å². The van der Waals surface area contributed by atoms with E-state index < -0.39 is 11.6 Å². The number of aromatic hydroxyl groups is 1. The molecule has 1 spiro atoms. The Morgan fingerprint density at radius 3 is 2.50 bits per heavy atom. The van der Waals surface area contributed by atoms with Gasteiger partial charge >= 0.3 is 11.9 Å². The van der Waals surface area contributed by atoms with E-state index in [1.54, 1.807) is 18.2 Å². The molecule has 0 saturated heterocycles. The number of anilines is 3. The van der Waals surface area contributed by atoms with Crippen molar-refractivity contribution in [3.05, 3.63) is 106 Å². The number of hydrogen-bond donors (Lipinski definition) is 1. The highest BCUT2D eigenvalue weighted by molar-refractivity contribution is 6.33. The van der Waals surface area contributed by atoms with Crippen molar-refractivity contribution >= 4 is 40.6 Å². The summed E-state index contributed by atoms with van der Waals surface area (Å²) in [5.41, 5.74) is 4.87. The summed E-state index contributed by atoms with van der Waals surface area (Å²) >= 11 is 7.04. The van der Waals surface area contributed by atoms with Crippen LogP contribution in [0.5, 0.6) is 17.2 Å². The lowest BCUT2D eigenvalue weighted by atomic mass is 9.74. The van der Waals surface area contributed by atoms with E-state index in [1.165, 1.54) is 0 Å². The molecule has 0 bridgehead atoms. The molecule has 4 aromatic carbocycles. The first kappa shape index (κ1) is 31.9. The molecule has 0 aromatic heterocycles. The molecular weight excluding hydrogens is 628 g/mol.